The molecule has 1 fully saturated rings. The van der Waals surface area contributed by atoms with Gasteiger partial charge in [-0.05, 0) is 49.2 Å². The van der Waals surface area contributed by atoms with Gasteiger partial charge in [-0.2, -0.15) is 4.31 Å². The van der Waals surface area contributed by atoms with Crippen molar-refractivity contribution in [3.63, 3.8) is 0 Å². The molecule has 0 saturated carbocycles. The first-order valence-corrected chi connectivity index (χ1v) is 9.78. The molecule has 0 radical (unpaired) electrons. The Morgan fingerprint density at radius 2 is 1.54 bits per heavy atom. The van der Waals surface area contributed by atoms with E-state index in [0.29, 0.717) is 41.7 Å². The summed E-state index contributed by atoms with van der Waals surface area (Å²) in [6.07, 6.45) is 0. The number of sulfonamides is 1. The molecule has 3 rings (SSSR count). The lowest BCUT2D eigenvalue weighted by atomic mass is 10.2. The lowest BCUT2D eigenvalue weighted by Gasteiger charge is -2.35. The van der Waals surface area contributed by atoms with Crippen molar-refractivity contribution in [1.82, 2.24) is 4.31 Å². The second kappa shape index (κ2) is 6.75. The van der Waals surface area contributed by atoms with Gasteiger partial charge in [0.1, 0.15) is 0 Å². The quantitative estimate of drug-likeness (QED) is 0.837. The topological polar surface area (TPSA) is 40.6 Å². The molecule has 128 valence electrons. The molecule has 1 heterocycles. The highest BCUT2D eigenvalue weighted by atomic mass is 35.5. The number of rotatable bonds is 3. The van der Waals surface area contributed by atoms with Gasteiger partial charge in [0.05, 0.1) is 4.90 Å². The Bertz CT molecular complexity index is 830. The van der Waals surface area contributed by atoms with Gasteiger partial charge in [-0.25, -0.2) is 8.42 Å². The summed E-state index contributed by atoms with van der Waals surface area (Å²) in [6.45, 7) is 5.97. The fourth-order valence-electron chi connectivity index (χ4n) is 3.00. The van der Waals surface area contributed by atoms with E-state index in [-0.39, 0.29) is 0 Å². The van der Waals surface area contributed by atoms with Crippen LogP contribution in [0.2, 0.25) is 5.02 Å². The van der Waals surface area contributed by atoms with E-state index in [2.05, 4.69) is 17.0 Å². The van der Waals surface area contributed by atoms with Crippen molar-refractivity contribution in [2.45, 2.75) is 18.7 Å². The third-order valence-electron chi connectivity index (χ3n) is 4.43. The van der Waals surface area contributed by atoms with Crippen LogP contribution >= 0.6 is 11.6 Å². The smallest absolute Gasteiger partial charge is 0.243 e. The minimum atomic E-state index is -3.49. The summed E-state index contributed by atoms with van der Waals surface area (Å²) >= 11 is 6.09. The van der Waals surface area contributed by atoms with Gasteiger partial charge in [-0.15, -0.1) is 0 Å². The van der Waals surface area contributed by atoms with Crippen LogP contribution in [0.15, 0.2) is 47.4 Å². The van der Waals surface area contributed by atoms with Crippen molar-refractivity contribution in [3.8, 4) is 0 Å². The molecule has 1 aliphatic rings. The number of piperazine rings is 1. The van der Waals surface area contributed by atoms with Crippen LogP contribution in [-0.4, -0.2) is 38.9 Å². The third kappa shape index (κ3) is 3.29. The zero-order valence-electron chi connectivity index (χ0n) is 13.9. The molecule has 2 aromatic carbocycles. The summed E-state index contributed by atoms with van der Waals surface area (Å²) in [5.41, 5.74) is 2.60. The molecule has 0 bridgehead atoms. The maximum Gasteiger partial charge on any atom is 0.243 e. The Labute approximate surface area is 148 Å². The number of para-hydroxylation sites is 1. The molecule has 6 heteroatoms. The van der Waals surface area contributed by atoms with Crippen LogP contribution < -0.4 is 4.90 Å². The van der Waals surface area contributed by atoms with Gasteiger partial charge in [-0.3, -0.25) is 0 Å². The average Bonchev–Trinajstić information content (AvgIpc) is 2.59. The second-order valence-corrected chi connectivity index (χ2v) is 8.41. The van der Waals surface area contributed by atoms with E-state index in [1.807, 2.05) is 25.1 Å². The van der Waals surface area contributed by atoms with Crippen LogP contribution in [0.1, 0.15) is 11.1 Å². The first kappa shape index (κ1) is 17.3. The predicted octanol–water partition coefficient (Wildman–Crippen LogP) is 3.47. The standard InChI is InChI=1S/C18H21ClN2O2S/c1-14-13-18(15(2)12-17(14)19)24(22,23)21-10-8-20(9-11-21)16-6-4-3-5-7-16/h3-7,12-13H,8-11H2,1-2H3. The minimum Gasteiger partial charge on any atom is -0.369 e. The Balaban J connectivity index is 1.79. The zero-order chi connectivity index (χ0) is 17.3. The zero-order valence-corrected chi connectivity index (χ0v) is 15.4. The fraction of sp³-hybridized carbons (Fsp3) is 0.333. The summed E-state index contributed by atoms with van der Waals surface area (Å²) in [5.74, 6) is 0. The van der Waals surface area contributed by atoms with Crippen LogP contribution in [0.5, 0.6) is 0 Å². The van der Waals surface area contributed by atoms with Gasteiger partial charge < -0.3 is 4.90 Å². The van der Waals surface area contributed by atoms with Crippen LogP contribution in [0.25, 0.3) is 0 Å². The van der Waals surface area contributed by atoms with Crippen LogP contribution in [0.4, 0.5) is 5.69 Å². The number of aryl methyl sites for hydroxylation is 2. The third-order valence-corrected chi connectivity index (χ3v) is 6.88. The van der Waals surface area contributed by atoms with Crippen LogP contribution in [0.3, 0.4) is 0 Å². The number of hydrogen-bond acceptors (Lipinski definition) is 3. The lowest BCUT2D eigenvalue weighted by Crippen LogP contribution is -2.48. The molecule has 24 heavy (non-hydrogen) atoms. The summed E-state index contributed by atoms with van der Waals surface area (Å²) < 4.78 is 27.5. The molecule has 0 unspecified atom stereocenters. The van der Waals surface area contributed by atoms with Gasteiger partial charge in [0.2, 0.25) is 10.0 Å². The van der Waals surface area contributed by atoms with Gasteiger partial charge in [0, 0.05) is 36.9 Å². The molecule has 0 aromatic heterocycles. The average molecular weight is 365 g/mol. The SMILES string of the molecule is Cc1cc(S(=O)(=O)N2CCN(c3ccccc3)CC2)c(C)cc1Cl. The maximum absolute atomic E-state index is 13.0. The van der Waals surface area contributed by atoms with E-state index in [9.17, 15) is 8.42 Å². The monoisotopic (exact) mass is 364 g/mol. The van der Waals surface area contributed by atoms with E-state index in [4.69, 9.17) is 11.6 Å². The largest absolute Gasteiger partial charge is 0.369 e. The van der Waals surface area contributed by atoms with Crippen LogP contribution in [-0.2, 0) is 10.0 Å². The predicted molar refractivity (Wildman–Crippen MR) is 98.3 cm³/mol. The first-order valence-electron chi connectivity index (χ1n) is 7.96. The number of benzene rings is 2. The number of hydrogen-bond donors (Lipinski definition) is 0. The molecular weight excluding hydrogens is 344 g/mol. The van der Waals surface area contributed by atoms with E-state index in [1.54, 1.807) is 23.4 Å². The summed E-state index contributed by atoms with van der Waals surface area (Å²) in [5, 5.41) is 0.598. The van der Waals surface area contributed by atoms with E-state index >= 15 is 0 Å². The minimum absolute atomic E-state index is 0.359. The molecule has 2 aromatic rings. The Kier molecular flexibility index (Phi) is 4.85. The number of nitrogens with zero attached hydrogens (tertiary/aromatic N) is 2. The molecule has 0 aliphatic carbocycles. The van der Waals surface area contributed by atoms with Crippen LogP contribution in [0, 0.1) is 13.8 Å². The summed E-state index contributed by atoms with van der Waals surface area (Å²) in [6, 6.07) is 13.5. The first-order chi connectivity index (χ1) is 11.4. The molecule has 0 amide bonds. The fourth-order valence-corrected chi connectivity index (χ4v) is 4.93. The van der Waals surface area contributed by atoms with E-state index < -0.39 is 10.0 Å². The van der Waals surface area contributed by atoms with Gasteiger partial charge in [0.25, 0.3) is 0 Å². The van der Waals surface area contributed by atoms with Gasteiger partial charge in [-0.1, -0.05) is 29.8 Å². The van der Waals surface area contributed by atoms with E-state index in [1.165, 1.54) is 0 Å². The second-order valence-electron chi connectivity index (χ2n) is 6.09. The number of halogens is 1. The Morgan fingerprint density at radius 1 is 0.917 bits per heavy atom. The molecule has 0 spiro atoms. The van der Waals surface area contributed by atoms with Crippen molar-refractivity contribution < 1.29 is 8.42 Å². The van der Waals surface area contributed by atoms with Crippen molar-refractivity contribution in [3.05, 3.63) is 58.6 Å². The molecule has 0 N–H and O–H groups in total. The van der Waals surface area contributed by atoms with Crippen molar-refractivity contribution in [2.75, 3.05) is 31.1 Å². The Hall–Kier alpha value is -1.56. The van der Waals surface area contributed by atoms with Gasteiger partial charge in [0.15, 0.2) is 0 Å². The summed E-state index contributed by atoms with van der Waals surface area (Å²) in [4.78, 5) is 2.57. The Morgan fingerprint density at radius 3 is 2.17 bits per heavy atom. The summed E-state index contributed by atoms with van der Waals surface area (Å²) in [7, 11) is -3.49. The number of anilines is 1. The molecule has 1 aliphatic heterocycles. The maximum atomic E-state index is 13.0. The highest BCUT2D eigenvalue weighted by Gasteiger charge is 2.30. The highest BCUT2D eigenvalue weighted by Crippen LogP contribution is 2.27. The van der Waals surface area contributed by atoms with Gasteiger partial charge >= 0.3 is 0 Å². The highest BCUT2D eigenvalue weighted by molar-refractivity contribution is 7.89. The van der Waals surface area contributed by atoms with Crippen molar-refractivity contribution in [2.24, 2.45) is 0 Å². The lowest BCUT2D eigenvalue weighted by molar-refractivity contribution is 0.384. The normalized spacial score (nSPS) is 16.4. The molecule has 4 nitrogen and oxygen atoms in total. The molecule has 1 saturated heterocycles. The van der Waals surface area contributed by atoms with Crippen molar-refractivity contribution in [1.29, 1.82) is 0 Å². The molecule has 0 atom stereocenters. The molecular formula is C18H21ClN2O2S. The van der Waals surface area contributed by atoms with Crippen molar-refractivity contribution >= 4 is 27.3 Å². The van der Waals surface area contributed by atoms with E-state index in [0.717, 1.165) is 11.3 Å².